The Labute approximate surface area is 158 Å². The first-order chi connectivity index (χ1) is 13.3. The van der Waals surface area contributed by atoms with Crippen molar-refractivity contribution in [1.82, 2.24) is 9.38 Å². The predicted octanol–water partition coefficient (Wildman–Crippen LogP) is 4.96. The maximum Gasteiger partial charge on any atom is 0.224 e. The minimum atomic E-state index is 0.0399. The quantitative estimate of drug-likeness (QED) is 0.531. The monoisotopic (exact) mass is 355 g/mol. The lowest BCUT2D eigenvalue weighted by atomic mass is 10.1. The molecule has 2 heterocycles. The number of imidazole rings is 1. The highest BCUT2D eigenvalue weighted by molar-refractivity contribution is 5.91. The first-order valence-corrected chi connectivity index (χ1v) is 9.16. The average Bonchev–Trinajstić information content (AvgIpc) is 3.13. The van der Waals surface area contributed by atoms with Crippen molar-refractivity contribution in [1.29, 1.82) is 0 Å². The molecule has 0 fully saturated rings. The van der Waals surface area contributed by atoms with Gasteiger partial charge in [-0.2, -0.15) is 0 Å². The second-order valence-electron chi connectivity index (χ2n) is 6.56. The van der Waals surface area contributed by atoms with Crippen LogP contribution in [-0.4, -0.2) is 15.3 Å². The lowest BCUT2D eigenvalue weighted by Crippen LogP contribution is -2.11. The van der Waals surface area contributed by atoms with E-state index in [4.69, 9.17) is 0 Å². The molecular formula is C23H21N3O. The number of fused-ring (bicyclic) bond motifs is 1. The van der Waals surface area contributed by atoms with Crippen molar-refractivity contribution < 1.29 is 4.79 Å². The van der Waals surface area contributed by atoms with Crippen molar-refractivity contribution in [2.24, 2.45) is 0 Å². The molecule has 0 spiro atoms. The molecule has 134 valence electrons. The molecule has 0 unspecified atom stereocenters. The summed E-state index contributed by atoms with van der Waals surface area (Å²) in [6.45, 7) is 0. The van der Waals surface area contributed by atoms with Crippen LogP contribution in [0.15, 0.2) is 85.2 Å². The number of carbonyl (C=O) groups is 1. The van der Waals surface area contributed by atoms with Crippen molar-refractivity contribution in [2.75, 3.05) is 5.32 Å². The van der Waals surface area contributed by atoms with E-state index in [1.165, 1.54) is 5.56 Å². The van der Waals surface area contributed by atoms with Crippen LogP contribution in [0.5, 0.6) is 0 Å². The van der Waals surface area contributed by atoms with Crippen molar-refractivity contribution in [3.05, 3.63) is 90.8 Å². The molecule has 0 aliphatic rings. The van der Waals surface area contributed by atoms with Gasteiger partial charge in [-0.25, -0.2) is 4.98 Å². The van der Waals surface area contributed by atoms with E-state index in [0.717, 1.165) is 35.4 Å². The molecule has 0 saturated carbocycles. The molecule has 0 aliphatic carbocycles. The van der Waals surface area contributed by atoms with Crippen LogP contribution in [0, 0.1) is 0 Å². The standard InChI is InChI=1S/C23H21N3O/c27-23(14-6-10-18-8-2-1-3-9-18)24-20-12-7-11-19(16-20)21-17-26-15-5-4-13-22(26)25-21/h1-5,7-9,11-13,15-17H,6,10,14H2,(H,24,27). The summed E-state index contributed by atoms with van der Waals surface area (Å²) < 4.78 is 1.99. The van der Waals surface area contributed by atoms with Crippen molar-refractivity contribution in [2.45, 2.75) is 19.3 Å². The summed E-state index contributed by atoms with van der Waals surface area (Å²) in [5, 5.41) is 3.00. The summed E-state index contributed by atoms with van der Waals surface area (Å²) in [4.78, 5) is 16.9. The van der Waals surface area contributed by atoms with Crippen LogP contribution in [0.3, 0.4) is 0 Å². The Kier molecular flexibility index (Phi) is 4.97. The molecule has 2 aromatic carbocycles. The third-order valence-corrected chi connectivity index (χ3v) is 4.52. The highest BCUT2D eigenvalue weighted by atomic mass is 16.1. The maximum atomic E-state index is 12.3. The summed E-state index contributed by atoms with van der Waals surface area (Å²) in [5.41, 5.74) is 4.85. The van der Waals surface area contributed by atoms with E-state index in [2.05, 4.69) is 22.4 Å². The van der Waals surface area contributed by atoms with Gasteiger partial charge in [-0.3, -0.25) is 4.79 Å². The van der Waals surface area contributed by atoms with Crippen LogP contribution in [0.1, 0.15) is 18.4 Å². The topological polar surface area (TPSA) is 46.4 Å². The van der Waals surface area contributed by atoms with Gasteiger partial charge in [-0.1, -0.05) is 48.5 Å². The molecule has 1 N–H and O–H groups in total. The molecular weight excluding hydrogens is 334 g/mol. The molecule has 0 atom stereocenters. The van der Waals surface area contributed by atoms with Gasteiger partial charge in [0.1, 0.15) is 5.65 Å². The van der Waals surface area contributed by atoms with Crippen molar-refractivity contribution >= 4 is 17.2 Å². The Balaban J connectivity index is 1.39. The van der Waals surface area contributed by atoms with Gasteiger partial charge in [-0.15, -0.1) is 0 Å². The second-order valence-corrected chi connectivity index (χ2v) is 6.56. The highest BCUT2D eigenvalue weighted by Crippen LogP contribution is 2.22. The van der Waals surface area contributed by atoms with Crippen LogP contribution in [0.25, 0.3) is 16.9 Å². The number of rotatable bonds is 6. The average molecular weight is 355 g/mol. The summed E-state index contributed by atoms with van der Waals surface area (Å²) in [6, 6.07) is 24.0. The number of nitrogens with one attached hydrogen (secondary N) is 1. The number of nitrogens with zero attached hydrogens (tertiary/aromatic N) is 2. The van der Waals surface area contributed by atoms with E-state index >= 15 is 0 Å². The van der Waals surface area contributed by atoms with Crippen molar-refractivity contribution in [3.8, 4) is 11.3 Å². The number of amides is 1. The molecule has 0 aliphatic heterocycles. The molecule has 0 radical (unpaired) electrons. The van der Waals surface area contributed by atoms with E-state index in [0.29, 0.717) is 6.42 Å². The van der Waals surface area contributed by atoms with Gasteiger partial charge in [-0.05, 0) is 42.7 Å². The van der Waals surface area contributed by atoms with Gasteiger partial charge in [0.25, 0.3) is 0 Å². The molecule has 4 nitrogen and oxygen atoms in total. The predicted molar refractivity (Wildman–Crippen MR) is 109 cm³/mol. The fourth-order valence-electron chi connectivity index (χ4n) is 3.15. The van der Waals surface area contributed by atoms with Gasteiger partial charge >= 0.3 is 0 Å². The van der Waals surface area contributed by atoms with Gasteiger partial charge in [0, 0.05) is 30.1 Å². The van der Waals surface area contributed by atoms with Crippen LogP contribution in [-0.2, 0) is 11.2 Å². The molecule has 4 heteroatoms. The Morgan fingerprint density at radius 1 is 0.963 bits per heavy atom. The fourth-order valence-corrected chi connectivity index (χ4v) is 3.15. The van der Waals surface area contributed by atoms with E-state index in [1.807, 2.05) is 77.5 Å². The van der Waals surface area contributed by atoms with E-state index < -0.39 is 0 Å². The molecule has 2 aromatic heterocycles. The molecule has 0 bridgehead atoms. The number of benzene rings is 2. The number of carbonyl (C=O) groups excluding carboxylic acids is 1. The molecule has 0 saturated heterocycles. The third kappa shape index (κ3) is 4.23. The number of aromatic nitrogens is 2. The zero-order chi connectivity index (χ0) is 18.5. The number of hydrogen-bond donors (Lipinski definition) is 1. The van der Waals surface area contributed by atoms with Gasteiger partial charge < -0.3 is 9.72 Å². The molecule has 4 rings (SSSR count). The lowest BCUT2D eigenvalue weighted by Gasteiger charge is -2.07. The zero-order valence-electron chi connectivity index (χ0n) is 15.0. The highest BCUT2D eigenvalue weighted by Gasteiger charge is 2.07. The number of pyridine rings is 1. The maximum absolute atomic E-state index is 12.3. The van der Waals surface area contributed by atoms with Crippen LogP contribution in [0.4, 0.5) is 5.69 Å². The minimum Gasteiger partial charge on any atom is -0.326 e. The van der Waals surface area contributed by atoms with E-state index in [-0.39, 0.29) is 5.91 Å². The number of anilines is 1. The molecule has 1 amide bonds. The number of hydrogen-bond acceptors (Lipinski definition) is 2. The second kappa shape index (κ2) is 7.87. The summed E-state index contributed by atoms with van der Waals surface area (Å²) >= 11 is 0. The first-order valence-electron chi connectivity index (χ1n) is 9.16. The first kappa shape index (κ1) is 17.0. The summed E-state index contributed by atoms with van der Waals surface area (Å²) in [7, 11) is 0. The summed E-state index contributed by atoms with van der Waals surface area (Å²) in [5.74, 6) is 0.0399. The van der Waals surface area contributed by atoms with Crippen LogP contribution < -0.4 is 5.32 Å². The smallest absolute Gasteiger partial charge is 0.224 e. The summed E-state index contributed by atoms with van der Waals surface area (Å²) in [6.07, 6.45) is 6.23. The zero-order valence-corrected chi connectivity index (χ0v) is 15.0. The normalized spacial score (nSPS) is 10.8. The Bertz CT molecular complexity index is 1020. The van der Waals surface area contributed by atoms with E-state index in [9.17, 15) is 4.79 Å². The Hall–Kier alpha value is -3.40. The molecule has 27 heavy (non-hydrogen) atoms. The minimum absolute atomic E-state index is 0.0399. The Morgan fingerprint density at radius 2 is 1.81 bits per heavy atom. The van der Waals surface area contributed by atoms with Gasteiger partial charge in [0.05, 0.1) is 5.69 Å². The third-order valence-electron chi connectivity index (χ3n) is 4.52. The SMILES string of the molecule is O=C(CCCc1ccccc1)Nc1cccc(-c2cn3ccccc3n2)c1. The van der Waals surface area contributed by atoms with Gasteiger partial charge in [0.15, 0.2) is 0 Å². The number of aryl methyl sites for hydroxylation is 1. The Morgan fingerprint density at radius 3 is 2.67 bits per heavy atom. The fraction of sp³-hybridized carbons (Fsp3) is 0.130. The van der Waals surface area contributed by atoms with Crippen molar-refractivity contribution in [3.63, 3.8) is 0 Å². The molecule has 4 aromatic rings. The van der Waals surface area contributed by atoms with Gasteiger partial charge in [0.2, 0.25) is 5.91 Å². The lowest BCUT2D eigenvalue weighted by molar-refractivity contribution is -0.116. The van der Waals surface area contributed by atoms with E-state index in [1.54, 1.807) is 0 Å². The largest absolute Gasteiger partial charge is 0.326 e. The van der Waals surface area contributed by atoms with Crippen LogP contribution in [0.2, 0.25) is 0 Å². The van der Waals surface area contributed by atoms with Crippen LogP contribution >= 0.6 is 0 Å².